The summed E-state index contributed by atoms with van der Waals surface area (Å²) >= 11 is 10.9. The number of anilines is 1. The second kappa shape index (κ2) is 10.5. The molecule has 0 saturated heterocycles. The first-order valence-electron chi connectivity index (χ1n) is 12.0. The molecule has 0 unspecified atom stereocenters. The first-order chi connectivity index (χ1) is 18.3. The van der Waals surface area contributed by atoms with Crippen LogP contribution in [-0.4, -0.2) is 30.2 Å². The Hall–Kier alpha value is -3.21. The number of hydrogen-bond donors (Lipinski definition) is 1. The molecule has 1 aromatic heterocycles. The summed E-state index contributed by atoms with van der Waals surface area (Å²) < 4.78 is 13.2. The number of esters is 1. The molecule has 3 heterocycles. The fourth-order valence-corrected chi connectivity index (χ4v) is 6.55. The van der Waals surface area contributed by atoms with Crippen molar-refractivity contribution in [2.45, 2.75) is 32.7 Å². The van der Waals surface area contributed by atoms with Crippen LogP contribution in [0.1, 0.15) is 43.9 Å². The topological polar surface area (TPSA) is 99.0 Å². The van der Waals surface area contributed by atoms with Crippen molar-refractivity contribution in [3.05, 3.63) is 88.0 Å². The highest BCUT2D eigenvalue weighted by atomic mass is 79.9. The Morgan fingerprint density at radius 2 is 2.00 bits per heavy atom. The maximum atomic E-state index is 14.1. The molecule has 3 aromatic rings. The minimum Gasteiger partial charge on any atom is -0.496 e. The molecule has 38 heavy (non-hydrogen) atoms. The van der Waals surface area contributed by atoms with Gasteiger partial charge in [-0.3, -0.25) is 14.2 Å². The average Bonchev–Trinajstić information content (AvgIpc) is 3.38. The van der Waals surface area contributed by atoms with Crippen LogP contribution in [0.25, 0.3) is 5.57 Å². The number of halogens is 2. The smallest absolute Gasteiger partial charge is 0.338 e. The summed E-state index contributed by atoms with van der Waals surface area (Å²) in [5, 5.41) is 3.25. The zero-order valence-electron chi connectivity index (χ0n) is 20.8. The minimum atomic E-state index is -0.813. The number of thiazole rings is 1. The summed E-state index contributed by atoms with van der Waals surface area (Å²) in [4.78, 5) is 45.6. The van der Waals surface area contributed by atoms with Gasteiger partial charge in [-0.1, -0.05) is 42.3 Å². The molecule has 0 spiro atoms. The predicted octanol–water partition coefficient (Wildman–Crippen LogP) is 4.33. The van der Waals surface area contributed by atoms with Gasteiger partial charge in [-0.05, 0) is 65.2 Å². The van der Waals surface area contributed by atoms with E-state index in [2.05, 4.69) is 21.2 Å². The van der Waals surface area contributed by atoms with Crippen molar-refractivity contribution in [3.8, 4) is 5.75 Å². The largest absolute Gasteiger partial charge is 0.496 e. The van der Waals surface area contributed by atoms with Crippen LogP contribution in [-0.2, 0) is 14.3 Å². The fraction of sp³-hybridized carbons (Fsp3) is 0.259. The molecule has 0 aliphatic carbocycles. The summed E-state index contributed by atoms with van der Waals surface area (Å²) in [6.45, 7) is 3.90. The monoisotopic (exact) mass is 615 g/mol. The van der Waals surface area contributed by atoms with Gasteiger partial charge in [0.2, 0.25) is 0 Å². The average molecular weight is 617 g/mol. The van der Waals surface area contributed by atoms with Gasteiger partial charge in [-0.2, -0.15) is 0 Å². The lowest BCUT2D eigenvalue weighted by Gasteiger charge is -2.26. The molecule has 1 N–H and O–H groups in total. The Bertz CT molecular complexity index is 1710. The number of nitrogens with zero attached hydrogens (tertiary/aromatic N) is 2. The van der Waals surface area contributed by atoms with Crippen molar-refractivity contribution in [2.24, 2.45) is 4.99 Å². The Labute approximate surface area is 235 Å². The number of benzene rings is 2. The van der Waals surface area contributed by atoms with E-state index in [1.807, 2.05) is 13.0 Å². The molecule has 0 fully saturated rings. The normalized spacial score (nSPS) is 17.5. The third-order valence-electron chi connectivity index (χ3n) is 6.31. The first-order valence-corrected chi connectivity index (χ1v) is 14.0. The van der Waals surface area contributed by atoms with Gasteiger partial charge in [-0.25, -0.2) is 9.79 Å². The molecule has 1 amide bonds. The van der Waals surface area contributed by atoms with Crippen molar-refractivity contribution in [1.82, 2.24) is 4.57 Å². The molecule has 5 rings (SSSR count). The standard InChI is InChI=1S/C27H23BrClN3O5S/c1-4-6-18-21(26(35)37-5-2)22(13-7-10-19(36-3)16(28)11-13)32-25(34)23(38-27(32)31-18)20-15-12-14(29)8-9-17(15)30-24(20)33/h7-12,22H,4-6H2,1-3H3,(H,30,33)/b23-20-/t22-/m0/s1. The Balaban J connectivity index is 1.85. The van der Waals surface area contributed by atoms with E-state index in [4.69, 9.17) is 26.1 Å². The zero-order valence-corrected chi connectivity index (χ0v) is 23.9. The molecule has 2 aromatic carbocycles. The minimum absolute atomic E-state index is 0.174. The number of rotatable bonds is 6. The van der Waals surface area contributed by atoms with Crippen molar-refractivity contribution < 1.29 is 19.1 Å². The number of fused-ring (bicyclic) bond motifs is 2. The quantitative estimate of drug-likeness (QED) is 0.416. The molecule has 0 saturated carbocycles. The number of carbonyl (C=O) groups excluding carboxylic acids is 2. The van der Waals surface area contributed by atoms with E-state index >= 15 is 0 Å². The number of aromatic nitrogens is 1. The van der Waals surface area contributed by atoms with Crippen LogP contribution < -0.4 is 24.9 Å². The summed E-state index contributed by atoms with van der Waals surface area (Å²) in [6, 6.07) is 9.61. The molecule has 0 bridgehead atoms. The maximum Gasteiger partial charge on any atom is 0.338 e. The first kappa shape index (κ1) is 26.4. The highest BCUT2D eigenvalue weighted by Crippen LogP contribution is 2.37. The predicted molar refractivity (Wildman–Crippen MR) is 149 cm³/mol. The van der Waals surface area contributed by atoms with Crippen LogP contribution >= 0.6 is 38.9 Å². The van der Waals surface area contributed by atoms with Gasteiger partial charge in [0.25, 0.3) is 11.5 Å². The van der Waals surface area contributed by atoms with Crippen LogP contribution in [0.15, 0.2) is 61.9 Å². The molecule has 8 nitrogen and oxygen atoms in total. The number of allylic oxidation sites excluding steroid dienone is 1. The molecule has 2 aliphatic heterocycles. The second-order valence-corrected chi connectivity index (χ2v) is 10.9. The van der Waals surface area contributed by atoms with Gasteiger partial charge in [-0.15, -0.1) is 0 Å². The summed E-state index contributed by atoms with van der Waals surface area (Å²) in [7, 11) is 1.56. The summed E-state index contributed by atoms with van der Waals surface area (Å²) in [5.74, 6) is -0.324. The number of hydrogen-bond acceptors (Lipinski definition) is 7. The van der Waals surface area contributed by atoms with Crippen LogP contribution in [0.4, 0.5) is 5.69 Å². The van der Waals surface area contributed by atoms with Gasteiger partial charge in [0.1, 0.15) is 10.3 Å². The van der Waals surface area contributed by atoms with E-state index in [0.29, 0.717) is 54.6 Å². The van der Waals surface area contributed by atoms with Crippen LogP contribution in [0, 0.1) is 0 Å². The van der Waals surface area contributed by atoms with Gasteiger partial charge in [0.15, 0.2) is 4.80 Å². The summed E-state index contributed by atoms with van der Waals surface area (Å²) in [5.41, 5.74) is 2.46. The van der Waals surface area contributed by atoms with Crippen LogP contribution in [0.5, 0.6) is 5.75 Å². The number of ether oxygens (including phenoxy) is 2. The molecule has 0 radical (unpaired) electrons. The second-order valence-electron chi connectivity index (χ2n) is 8.65. The molecular formula is C27H23BrClN3O5S. The van der Waals surface area contributed by atoms with E-state index in [-0.39, 0.29) is 16.7 Å². The number of nitrogens with one attached hydrogen (secondary N) is 1. The number of carbonyl (C=O) groups is 2. The molecule has 196 valence electrons. The SMILES string of the molecule is CCCC1=C(C(=O)OCC)[C@H](c2ccc(OC)c(Br)c2)n2c(s/c(=C3\C(=O)Nc4ccc(Cl)cc43)c2=O)=N1. The fourth-order valence-electron chi connectivity index (χ4n) is 4.70. The number of amides is 1. The molecule has 11 heteroatoms. The lowest BCUT2D eigenvalue weighted by molar-refractivity contribution is -0.139. The van der Waals surface area contributed by atoms with E-state index in [0.717, 1.165) is 17.8 Å². The number of methoxy groups -OCH3 is 1. The van der Waals surface area contributed by atoms with Gasteiger partial charge in [0.05, 0.1) is 41.1 Å². The highest BCUT2D eigenvalue weighted by molar-refractivity contribution is 9.10. The van der Waals surface area contributed by atoms with Crippen LogP contribution in [0.3, 0.4) is 0 Å². The van der Waals surface area contributed by atoms with Crippen molar-refractivity contribution in [2.75, 3.05) is 19.0 Å². The highest BCUT2D eigenvalue weighted by Gasteiger charge is 2.36. The maximum absolute atomic E-state index is 14.1. The Morgan fingerprint density at radius 1 is 1.21 bits per heavy atom. The van der Waals surface area contributed by atoms with Gasteiger partial charge in [0, 0.05) is 16.3 Å². The third-order valence-corrected chi connectivity index (χ3v) is 8.22. The van der Waals surface area contributed by atoms with Crippen molar-refractivity contribution >= 4 is 62.0 Å². The van der Waals surface area contributed by atoms with Crippen molar-refractivity contribution in [3.63, 3.8) is 0 Å². The van der Waals surface area contributed by atoms with E-state index in [9.17, 15) is 14.4 Å². The van der Waals surface area contributed by atoms with Gasteiger partial charge >= 0.3 is 5.97 Å². The van der Waals surface area contributed by atoms with E-state index in [1.165, 1.54) is 4.57 Å². The van der Waals surface area contributed by atoms with E-state index < -0.39 is 23.5 Å². The molecule has 1 atom stereocenters. The lowest BCUT2D eigenvalue weighted by atomic mass is 9.94. The van der Waals surface area contributed by atoms with E-state index in [1.54, 1.807) is 44.4 Å². The Morgan fingerprint density at radius 3 is 2.68 bits per heavy atom. The van der Waals surface area contributed by atoms with Gasteiger partial charge < -0.3 is 14.8 Å². The third kappa shape index (κ3) is 4.40. The van der Waals surface area contributed by atoms with Crippen molar-refractivity contribution in [1.29, 1.82) is 0 Å². The molecular weight excluding hydrogens is 594 g/mol. The lowest BCUT2D eigenvalue weighted by Crippen LogP contribution is -2.40. The summed E-state index contributed by atoms with van der Waals surface area (Å²) in [6.07, 6.45) is 1.24. The van der Waals surface area contributed by atoms with Crippen LogP contribution in [0.2, 0.25) is 5.02 Å². The Kier molecular flexibility index (Phi) is 7.30. The molecule has 2 aliphatic rings. The zero-order chi connectivity index (χ0) is 27.1.